The zero-order valence-corrected chi connectivity index (χ0v) is 19.2. The lowest BCUT2D eigenvalue weighted by molar-refractivity contribution is -0.138. The molecule has 0 aliphatic carbocycles. The number of nitrogens with zero attached hydrogens (tertiary/aromatic N) is 4. The SMILES string of the molecule is COc1ccc(CN2C[C@@H](OCc3cccnc3)CN(C(=O)Cc3cscn3)CC2=O)cc1. The molecule has 4 rings (SSSR count). The first-order valence-electron chi connectivity index (χ1n) is 10.7. The molecule has 0 radical (unpaired) electrons. The van der Waals surface area contributed by atoms with Gasteiger partial charge in [-0.3, -0.25) is 14.6 Å². The molecule has 1 atom stereocenters. The van der Waals surface area contributed by atoms with Crippen LogP contribution in [0.25, 0.3) is 0 Å². The second-order valence-electron chi connectivity index (χ2n) is 7.85. The molecule has 172 valence electrons. The molecule has 0 N–H and O–H groups in total. The van der Waals surface area contributed by atoms with E-state index in [0.717, 1.165) is 16.9 Å². The minimum absolute atomic E-state index is 0.0197. The van der Waals surface area contributed by atoms with E-state index in [9.17, 15) is 9.59 Å². The van der Waals surface area contributed by atoms with Gasteiger partial charge in [-0.1, -0.05) is 18.2 Å². The van der Waals surface area contributed by atoms with Crippen molar-refractivity contribution in [1.29, 1.82) is 0 Å². The molecule has 9 heteroatoms. The number of carbonyl (C=O) groups excluding carboxylic acids is 2. The molecule has 1 aliphatic heterocycles. The van der Waals surface area contributed by atoms with Crippen LogP contribution >= 0.6 is 11.3 Å². The van der Waals surface area contributed by atoms with Gasteiger partial charge < -0.3 is 19.3 Å². The van der Waals surface area contributed by atoms with E-state index in [0.29, 0.717) is 31.9 Å². The van der Waals surface area contributed by atoms with Gasteiger partial charge in [0.1, 0.15) is 5.75 Å². The average molecular weight is 467 g/mol. The lowest BCUT2D eigenvalue weighted by Crippen LogP contribution is -2.40. The van der Waals surface area contributed by atoms with E-state index in [4.69, 9.17) is 9.47 Å². The Bertz CT molecular complexity index is 1040. The molecule has 0 unspecified atom stereocenters. The highest BCUT2D eigenvalue weighted by Crippen LogP contribution is 2.17. The highest BCUT2D eigenvalue weighted by atomic mass is 32.1. The van der Waals surface area contributed by atoms with Gasteiger partial charge in [0.25, 0.3) is 0 Å². The lowest BCUT2D eigenvalue weighted by Gasteiger charge is -2.25. The molecule has 33 heavy (non-hydrogen) atoms. The number of ether oxygens (including phenoxy) is 2. The van der Waals surface area contributed by atoms with Gasteiger partial charge in [0, 0.05) is 37.4 Å². The largest absolute Gasteiger partial charge is 0.497 e. The summed E-state index contributed by atoms with van der Waals surface area (Å²) in [6, 6.07) is 11.4. The van der Waals surface area contributed by atoms with Gasteiger partial charge in [-0.15, -0.1) is 11.3 Å². The minimum atomic E-state index is -0.325. The number of amides is 2. The fraction of sp³-hybridized carbons (Fsp3) is 0.333. The smallest absolute Gasteiger partial charge is 0.242 e. The molecule has 3 aromatic rings. The molecule has 1 saturated heterocycles. The van der Waals surface area contributed by atoms with Gasteiger partial charge in [0.15, 0.2) is 0 Å². The van der Waals surface area contributed by atoms with E-state index in [1.54, 1.807) is 34.8 Å². The first-order valence-corrected chi connectivity index (χ1v) is 11.6. The fourth-order valence-electron chi connectivity index (χ4n) is 3.67. The van der Waals surface area contributed by atoms with Crippen LogP contribution in [0.3, 0.4) is 0 Å². The summed E-state index contributed by atoms with van der Waals surface area (Å²) in [6.07, 6.45) is 3.31. The maximum atomic E-state index is 13.1. The standard InChI is InChI=1S/C24H26N4O4S/c1-31-21-6-4-18(5-7-21)11-27-12-22(32-15-19-3-2-8-25-10-19)13-28(14-24(27)30)23(29)9-20-16-33-17-26-20/h2-8,10,16-17,22H,9,11-15H2,1H3/t22-/m1/s1. The van der Waals surface area contributed by atoms with E-state index >= 15 is 0 Å². The van der Waals surface area contributed by atoms with Crippen molar-refractivity contribution in [2.24, 2.45) is 0 Å². The van der Waals surface area contributed by atoms with E-state index in [1.807, 2.05) is 41.8 Å². The summed E-state index contributed by atoms with van der Waals surface area (Å²) in [5, 5.41) is 1.85. The maximum absolute atomic E-state index is 13.1. The van der Waals surface area contributed by atoms with Gasteiger partial charge in [0.2, 0.25) is 11.8 Å². The van der Waals surface area contributed by atoms with E-state index < -0.39 is 0 Å². The van der Waals surface area contributed by atoms with Crippen molar-refractivity contribution in [3.8, 4) is 5.75 Å². The molecule has 1 fully saturated rings. The van der Waals surface area contributed by atoms with Crippen LogP contribution < -0.4 is 4.74 Å². The Morgan fingerprint density at radius 3 is 2.73 bits per heavy atom. The quantitative estimate of drug-likeness (QED) is 0.507. The van der Waals surface area contributed by atoms with Crippen LogP contribution in [0.1, 0.15) is 16.8 Å². The van der Waals surface area contributed by atoms with Crippen LogP contribution in [0.4, 0.5) is 0 Å². The number of hydrogen-bond acceptors (Lipinski definition) is 7. The average Bonchev–Trinajstić information content (AvgIpc) is 3.29. The summed E-state index contributed by atoms with van der Waals surface area (Å²) in [5.41, 5.74) is 4.34. The molecule has 0 saturated carbocycles. The van der Waals surface area contributed by atoms with Crippen LogP contribution in [0.15, 0.2) is 59.7 Å². The molecule has 0 bridgehead atoms. The molecular formula is C24H26N4O4S. The fourth-order valence-corrected chi connectivity index (χ4v) is 4.23. The van der Waals surface area contributed by atoms with Crippen molar-refractivity contribution in [3.05, 3.63) is 76.5 Å². The van der Waals surface area contributed by atoms with E-state index in [-0.39, 0.29) is 30.9 Å². The second-order valence-corrected chi connectivity index (χ2v) is 8.57. The molecule has 0 spiro atoms. The summed E-state index contributed by atoms with van der Waals surface area (Å²) >= 11 is 1.45. The maximum Gasteiger partial charge on any atom is 0.242 e. The third-order valence-electron chi connectivity index (χ3n) is 5.44. The van der Waals surface area contributed by atoms with E-state index in [1.165, 1.54) is 11.3 Å². The second kappa shape index (κ2) is 11.0. The predicted molar refractivity (Wildman–Crippen MR) is 124 cm³/mol. The number of thiazole rings is 1. The molecule has 1 aliphatic rings. The number of methoxy groups -OCH3 is 1. The molecular weight excluding hydrogens is 440 g/mol. The van der Waals surface area contributed by atoms with Crippen molar-refractivity contribution in [2.75, 3.05) is 26.7 Å². The van der Waals surface area contributed by atoms with Gasteiger partial charge in [-0.05, 0) is 29.3 Å². The Morgan fingerprint density at radius 1 is 1.18 bits per heavy atom. The minimum Gasteiger partial charge on any atom is -0.497 e. The number of carbonyl (C=O) groups is 2. The summed E-state index contributed by atoms with van der Waals surface area (Å²) in [5.74, 6) is 0.526. The predicted octanol–water partition coefficient (Wildman–Crippen LogP) is 2.55. The molecule has 2 amide bonds. The first-order chi connectivity index (χ1) is 16.1. The van der Waals surface area contributed by atoms with Crippen LogP contribution in [0.2, 0.25) is 0 Å². The van der Waals surface area contributed by atoms with Crippen molar-refractivity contribution < 1.29 is 19.1 Å². The number of rotatable bonds is 8. The normalized spacial score (nSPS) is 16.5. The summed E-state index contributed by atoms with van der Waals surface area (Å²) in [4.78, 5) is 37.7. The molecule has 3 heterocycles. The number of aromatic nitrogens is 2. The molecule has 1 aromatic carbocycles. The monoisotopic (exact) mass is 466 g/mol. The number of benzene rings is 1. The van der Waals surface area contributed by atoms with Gasteiger partial charge >= 0.3 is 0 Å². The van der Waals surface area contributed by atoms with Crippen molar-refractivity contribution in [1.82, 2.24) is 19.8 Å². The lowest BCUT2D eigenvalue weighted by atomic mass is 10.2. The summed E-state index contributed by atoms with van der Waals surface area (Å²) < 4.78 is 11.4. The van der Waals surface area contributed by atoms with Crippen LogP contribution in [0.5, 0.6) is 5.75 Å². The summed E-state index contributed by atoms with van der Waals surface area (Å²) in [6.45, 7) is 1.55. The van der Waals surface area contributed by atoms with Gasteiger partial charge in [0.05, 0.1) is 44.0 Å². The molecule has 2 aromatic heterocycles. The van der Waals surface area contributed by atoms with Crippen LogP contribution in [-0.4, -0.2) is 64.4 Å². The Kier molecular flexibility index (Phi) is 7.64. The zero-order valence-electron chi connectivity index (χ0n) is 18.4. The third kappa shape index (κ3) is 6.36. The number of pyridine rings is 1. The van der Waals surface area contributed by atoms with Gasteiger partial charge in [-0.25, -0.2) is 4.98 Å². The van der Waals surface area contributed by atoms with Crippen molar-refractivity contribution >= 4 is 23.2 Å². The summed E-state index contributed by atoms with van der Waals surface area (Å²) in [7, 11) is 1.62. The highest BCUT2D eigenvalue weighted by molar-refractivity contribution is 7.07. The third-order valence-corrected chi connectivity index (χ3v) is 6.07. The van der Waals surface area contributed by atoms with Crippen LogP contribution in [-0.2, 0) is 33.9 Å². The first kappa shape index (κ1) is 22.9. The van der Waals surface area contributed by atoms with Crippen molar-refractivity contribution in [3.63, 3.8) is 0 Å². The Morgan fingerprint density at radius 2 is 2.03 bits per heavy atom. The van der Waals surface area contributed by atoms with E-state index in [2.05, 4.69) is 9.97 Å². The Labute approximate surface area is 196 Å². The molecule has 8 nitrogen and oxygen atoms in total. The van der Waals surface area contributed by atoms with Crippen LogP contribution in [0, 0.1) is 0 Å². The van der Waals surface area contributed by atoms with Gasteiger partial charge in [-0.2, -0.15) is 0 Å². The topological polar surface area (TPSA) is 84.9 Å². The zero-order chi connectivity index (χ0) is 23.0. The number of hydrogen-bond donors (Lipinski definition) is 0. The highest BCUT2D eigenvalue weighted by Gasteiger charge is 2.31. The Hall–Kier alpha value is -3.30. The van der Waals surface area contributed by atoms with Crippen molar-refractivity contribution in [2.45, 2.75) is 25.7 Å². The Balaban J connectivity index is 1.48.